The van der Waals surface area contributed by atoms with Gasteiger partial charge in [-0.15, -0.1) is 0 Å². The minimum atomic E-state index is -3.76. The van der Waals surface area contributed by atoms with Crippen molar-refractivity contribution in [3.8, 4) is 0 Å². The molecule has 0 bridgehead atoms. The third kappa shape index (κ3) is 3.23. The zero-order valence-corrected chi connectivity index (χ0v) is 12.9. The number of amides is 1. The first-order chi connectivity index (χ1) is 10.9. The van der Waals surface area contributed by atoms with E-state index < -0.39 is 10.0 Å². The van der Waals surface area contributed by atoms with Crippen LogP contribution in [-0.4, -0.2) is 14.3 Å². The summed E-state index contributed by atoms with van der Waals surface area (Å²) in [6, 6.07) is 18.9. The molecule has 3 rings (SSSR count). The quantitative estimate of drug-likeness (QED) is 0.775. The summed E-state index contributed by atoms with van der Waals surface area (Å²) in [4.78, 5) is 12.3. The smallest absolute Gasteiger partial charge is 0.255 e. The predicted octanol–water partition coefficient (Wildman–Crippen LogP) is 2.74. The Hall–Kier alpha value is -2.70. The lowest BCUT2D eigenvalue weighted by atomic mass is 10.1. The largest absolute Gasteiger partial charge is 0.321 e. The normalized spacial score (nSPS) is 11.3. The van der Waals surface area contributed by atoms with Gasteiger partial charge in [0.1, 0.15) is 0 Å². The van der Waals surface area contributed by atoms with Gasteiger partial charge in [-0.3, -0.25) is 4.79 Å². The van der Waals surface area contributed by atoms with Crippen LogP contribution in [0, 0.1) is 0 Å². The third-order valence-corrected chi connectivity index (χ3v) is 4.41. The fourth-order valence-corrected chi connectivity index (χ4v) is 2.84. The van der Waals surface area contributed by atoms with Crippen LogP contribution in [0.3, 0.4) is 0 Å². The third-order valence-electron chi connectivity index (χ3n) is 3.48. The summed E-state index contributed by atoms with van der Waals surface area (Å²) in [5.74, 6) is -0.317. The van der Waals surface area contributed by atoms with E-state index in [0.29, 0.717) is 11.3 Å². The maximum absolute atomic E-state index is 12.3. The van der Waals surface area contributed by atoms with Gasteiger partial charge in [0.05, 0.1) is 4.90 Å². The van der Waals surface area contributed by atoms with Crippen molar-refractivity contribution < 1.29 is 13.2 Å². The van der Waals surface area contributed by atoms with E-state index in [9.17, 15) is 13.2 Å². The van der Waals surface area contributed by atoms with Crippen LogP contribution in [0.2, 0.25) is 0 Å². The van der Waals surface area contributed by atoms with E-state index in [2.05, 4.69) is 5.32 Å². The first-order valence-electron chi connectivity index (χ1n) is 6.87. The lowest BCUT2D eigenvalue weighted by Gasteiger charge is -2.09. The highest BCUT2D eigenvalue weighted by Crippen LogP contribution is 2.23. The van der Waals surface area contributed by atoms with Crippen molar-refractivity contribution in [3.05, 3.63) is 72.3 Å². The molecule has 0 aliphatic heterocycles. The average Bonchev–Trinajstić information content (AvgIpc) is 2.54. The van der Waals surface area contributed by atoms with Crippen LogP contribution in [-0.2, 0) is 10.0 Å². The topological polar surface area (TPSA) is 89.3 Å². The van der Waals surface area contributed by atoms with Gasteiger partial charge in [-0.25, -0.2) is 13.6 Å². The maximum Gasteiger partial charge on any atom is 0.255 e. The van der Waals surface area contributed by atoms with Gasteiger partial charge in [0.25, 0.3) is 5.91 Å². The number of anilines is 1. The first kappa shape index (κ1) is 15.2. The fourth-order valence-electron chi connectivity index (χ4n) is 2.32. The van der Waals surface area contributed by atoms with E-state index in [1.807, 2.05) is 42.5 Å². The number of benzene rings is 3. The second kappa shape index (κ2) is 5.83. The fraction of sp³-hybridized carbons (Fsp3) is 0. The number of carbonyl (C=O) groups is 1. The second-order valence-corrected chi connectivity index (χ2v) is 6.61. The molecule has 116 valence electrons. The van der Waals surface area contributed by atoms with Gasteiger partial charge in [-0.2, -0.15) is 0 Å². The van der Waals surface area contributed by atoms with Gasteiger partial charge in [0, 0.05) is 16.6 Å². The van der Waals surface area contributed by atoms with Gasteiger partial charge >= 0.3 is 0 Å². The molecule has 23 heavy (non-hydrogen) atoms. The predicted molar refractivity (Wildman–Crippen MR) is 89.7 cm³/mol. The number of nitrogens with two attached hydrogens (primary N) is 1. The molecule has 0 aliphatic carbocycles. The summed E-state index contributed by atoms with van der Waals surface area (Å²) in [5.41, 5.74) is 1.05. The van der Waals surface area contributed by atoms with E-state index in [4.69, 9.17) is 5.14 Å². The highest BCUT2D eigenvalue weighted by atomic mass is 32.2. The number of sulfonamides is 1. The molecule has 0 unspecified atom stereocenters. The molecule has 0 aliphatic rings. The summed E-state index contributed by atoms with van der Waals surface area (Å²) in [6.45, 7) is 0. The van der Waals surface area contributed by atoms with Crippen LogP contribution in [0.15, 0.2) is 71.6 Å². The Balaban J connectivity index is 1.89. The molecule has 6 heteroatoms. The number of hydrogen-bond acceptors (Lipinski definition) is 3. The van der Waals surface area contributed by atoms with Crippen LogP contribution in [0.25, 0.3) is 10.8 Å². The zero-order chi connectivity index (χ0) is 16.4. The molecule has 3 aromatic rings. The molecule has 0 heterocycles. The minimum Gasteiger partial charge on any atom is -0.321 e. The number of primary sulfonamides is 1. The Kier molecular flexibility index (Phi) is 3.85. The van der Waals surface area contributed by atoms with Crippen LogP contribution in [0.4, 0.5) is 5.69 Å². The molecule has 0 fully saturated rings. The highest BCUT2D eigenvalue weighted by Gasteiger charge is 2.11. The lowest BCUT2D eigenvalue weighted by molar-refractivity contribution is 0.102. The van der Waals surface area contributed by atoms with Crippen molar-refractivity contribution >= 4 is 32.4 Å². The molecule has 3 aromatic carbocycles. The molecule has 3 N–H and O–H groups in total. The standard InChI is InChI=1S/C17H14N2O3S/c18-23(21,22)14-10-8-13(9-11-14)17(20)19-16-7-3-5-12-4-1-2-6-15(12)16/h1-11H,(H,19,20)(H2,18,21,22). The minimum absolute atomic E-state index is 0.0285. The van der Waals surface area contributed by atoms with Gasteiger partial charge in [-0.05, 0) is 35.7 Å². The van der Waals surface area contributed by atoms with Gasteiger partial charge < -0.3 is 5.32 Å². The van der Waals surface area contributed by atoms with Crippen LogP contribution in [0.5, 0.6) is 0 Å². The Labute approximate surface area is 133 Å². The molecule has 0 atom stereocenters. The Bertz CT molecular complexity index is 975. The number of rotatable bonds is 3. The number of fused-ring (bicyclic) bond motifs is 1. The molecule has 0 aromatic heterocycles. The molecular formula is C17H14N2O3S. The van der Waals surface area contributed by atoms with Gasteiger partial charge in [0.15, 0.2) is 0 Å². The first-order valence-corrected chi connectivity index (χ1v) is 8.42. The maximum atomic E-state index is 12.3. The van der Waals surface area contributed by atoms with Crippen molar-refractivity contribution in [1.29, 1.82) is 0 Å². The number of nitrogens with one attached hydrogen (secondary N) is 1. The second-order valence-electron chi connectivity index (χ2n) is 5.05. The van der Waals surface area contributed by atoms with Crippen molar-refractivity contribution in [3.63, 3.8) is 0 Å². The molecular weight excluding hydrogens is 312 g/mol. The van der Waals surface area contributed by atoms with Crippen LogP contribution in [0.1, 0.15) is 10.4 Å². The summed E-state index contributed by atoms with van der Waals surface area (Å²) in [7, 11) is -3.76. The Morgan fingerprint density at radius 2 is 1.52 bits per heavy atom. The lowest BCUT2D eigenvalue weighted by Crippen LogP contribution is -2.14. The average molecular weight is 326 g/mol. The number of hydrogen-bond donors (Lipinski definition) is 2. The zero-order valence-electron chi connectivity index (χ0n) is 12.1. The van der Waals surface area contributed by atoms with E-state index in [1.165, 1.54) is 24.3 Å². The van der Waals surface area contributed by atoms with Crippen molar-refractivity contribution in [2.45, 2.75) is 4.90 Å². The molecule has 0 saturated heterocycles. The Morgan fingerprint density at radius 1 is 0.870 bits per heavy atom. The van der Waals surface area contributed by atoms with Gasteiger partial charge in [-0.1, -0.05) is 36.4 Å². The number of carbonyl (C=O) groups excluding carboxylic acids is 1. The van der Waals surface area contributed by atoms with Crippen LogP contribution >= 0.6 is 0 Å². The van der Waals surface area contributed by atoms with Crippen LogP contribution < -0.4 is 10.5 Å². The summed E-state index contributed by atoms with van der Waals surface area (Å²) in [5, 5.41) is 9.84. The highest BCUT2D eigenvalue weighted by molar-refractivity contribution is 7.89. The Morgan fingerprint density at radius 3 is 2.22 bits per heavy atom. The molecule has 5 nitrogen and oxygen atoms in total. The van der Waals surface area contributed by atoms with Crippen molar-refractivity contribution in [2.24, 2.45) is 5.14 Å². The van der Waals surface area contributed by atoms with E-state index in [-0.39, 0.29) is 10.8 Å². The summed E-state index contributed by atoms with van der Waals surface area (Å²) < 4.78 is 22.5. The summed E-state index contributed by atoms with van der Waals surface area (Å²) >= 11 is 0. The summed E-state index contributed by atoms with van der Waals surface area (Å²) in [6.07, 6.45) is 0. The molecule has 0 radical (unpaired) electrons. The monoisotopic (exact) mass is 326 g/mol. The van der Waals surface area contributed by atoms with E-state index >= 15 is 0 Å². The van der Waals surface area contributed by atoms with Crippen molar-refractivity contribution in [2.75, 3.05) is 5.32 Å². The molecule has 0 saturated carbocycles. The van der Waals surface area contributed by atoms with E-state index in [1.54, 1.807) is 0 Å². The molecule has 1 amide bonds. The SMILES string of the molecule is NS(=O)(=O)c1ccc(C(=O)Nc2cccc3ccccc23)cc1. The van der Waals surface area contributed by atoms with Gasteiger partial charge in [0.2, 0.25) is 10.0 Å². The molecule has 0 spiro atoms. The van der Waals surface area contributed by atoms with Crippen molar-refractivity contribution in [1.82, 2.24) is 0 Å². The van der Waals surface area contributed by atoms with E-state index in [0.717, 1.165) is 10.8 Å².